The van der Waals surface area contributed by atoms with Crippen molar-refractivity contribution in [3.63, 3.8) is 0 Å². The van der Waals surface area contributed by atoms with Crippen molar-refractivity contribution in [3.05, 3.63) is 0 Å². The Bertz CT molecular complexity index is 235. The normalized spacial score (nSPS) is 10.9. The van der Waals surface area contributed by atoms with E-state index in [-0.39, 0.29) is 6.54 Å². The maximum atomic E-state index is 11.4. The molecular formula is C9H18N2O4. The molecule has 0 aliphatic rings. The van der Waals surface area contributed by atoms with Gasteiger partial charge in [-0.25, -0.2) is 4.79 Å². The zero-order valence-electron chi connectivity index (χ0n) is 9.28. The first-order chi connectivity index (χ1) is 6.76. The van der Waals surface area contributed by atoms with E-state index in [2.05, 4.69) is 5.32 Å². The third kappa shape index (κ3) is 6.73. The SMILES string of the molecule is CCN(CC(C)(C)O)C(=O)NCC(=O)O. The molecule has 0 fully saturated rings. The van der Waals surface area contributed by atoms with Crippen molar-refractivity contribution in [2.75, 3.05) is 19.6 Å². The lowest BCUT2D eigenvalue weighted by molar-refractivity contribution is -0.135. The average Bonchev–Trinajstić information content (AvgIpc) is 2.08. The summed E-state index contributed by atoms with van der Waals surface area (Å²) in [5.41, 5.74) is -0.990. The molecule has 0 unspecified atom stereocenters. The molecule has 2 amide bonds. The van der Waals surface area contributed by atoms with Crippen molar-refractivity contribution < 1.29 is 19.8 Å². The highest BCUT2D eigenvalue weighted by molar-refractivity contribution is 5.79. The Morgan fingerprint density at radius 3 is 2.27 bits per heavy atom. The Labute approximate surface area is 88.9 Å². The van der Waals surface area contributed by atoms with Gasteiger partial charge >= 0.3 is 12.0 Å². The molecular weight excluding hydrogens is 200 g/mol. The zero-order valence-corrected chi connectivity index (χ0v) is 9.28. The molecule has 0 heterocycles. The van der Waals surface area contributed by atoms with Crippen molar-refractivity contribution in [3.8, 4) is 0 Å². The Hall–Kier alpha value is -1.30. The lowest BCUT2D eigenvalue weighted by Crippen LogP contribution is -2.47. The quantitative estimate of drug-likeness (QED) is 0.599. The van der Waals surface area contributed by atoms with Crippen LogP contribution in [0.4, 0.5) is 4.79 Å². The molecule has 88 valence electrons. The van der Waals surface area contributed by atoms with Crippen LogP contribution in [0.2, 0.25) is 0 Å². The Morgan fingerprint density at radius 1 is 1.40 bits per heavy atom. The minimum absolute atomic E-state index is 0.162. The number of rotatable bonds is 5. The molecule has 0 aromatic carbocycles. The number of hydrogen-bond donors (Lipinski definition) is 3. The molecule has 0 aromatic rings. The van der Waals surface area contributed by atoms with Gasteiger partial charge in [-0.1, -0.05) is 0 Å². The number of nitrogens with one attached hydrogen (secondary N) is 1. The smallest absolute Gasteiger partial charge is 0.323 e. The first-order valence-electron chi connectivity index (χ1n) is 4.73. The van der Waals surface area contributed by atoms with Gasteiger partial charge in [-0.2, -0.15) is 0 Å². The van der Waals surface area contributed by atoms with E-state index in [1.54, 1.807) is 20.8 Å². The van der Waals surface area contributed by atoms with E-state index in [1.165, 1.54) is 4.90 Å². The van der Waals surface area contributed by atoms with Crippen LogP contribution in [0.25, 0.3) is 0 Å². The van der Waals surface area contributed by atoms with E-state index in [0.29, 0.717) is 6.54 Å². The highest BCUT2D eigenvalue weighted by atomic mass is 16.4. The highest BCUT2D eigenvalue weighted by Gasteiger charge is 2.21. The highest BCUT2D eigenvalue weighted by Crippen LogP contribution is 2.04. The molecule has 0 saturated heterocycles. The topological polar surface area (TPSA) is 89.9 Å². The van der Waals surface area contributed by atoms with Crippen molar-refractivity contribution in [2.45, 2.75) is 26.4 Å². The predicted octanol–water partition coefficient (Wildman–Crippen LogP) is -0.127. The number of carbonyl (C=O) groups is 2. The zero-order chi connectivity index (χ0) is 12.1. The maximum Gasteiger partial charge on any atom is 0.323 e. The first-order valence-corrected chi connectivity index (χ1v) is 4.73. The summed E-state index contributed by atoms with van der Waals surface area (Å²) in [7, 11) is 0. The Balaban J connectivity index is 4.17. The number of carboxylic acids is 1. The lowest BCUT2D eigenvalue weighted by Gasteiger charge is -2.27. The van der Waals surface area contributed by atoms with Crippen molar-refractivity contribution in [2.24, 2.45) is 0 Å². The Kier molecular flexibility index (Phi) is 5.07. The minimum Gasteiger partial charge on any atom is -0.480 e. The number of aliphatic hydroxyl groups is 1. The summed E-state index contributed by atoms with van der Waals surface area (Å²) >= 11 is 0. The van der Waals surface area contributed by atoms with Gasteiger partial charge in [0, 0.05) is 6.54 Å². The first kappa shape index (κ1) is 13.7. The monoisotopic (exact) mass is 218 g/mol. The maximum absolute atomic E-state index is 11.4. The van der Waals surface area contributed by atoms with Crippen LogP contribution < -0.4 is 5.32 Å². The number of nitrogens with zero attached hydrogens (tertiary/aromatic N) is 1. The van der Waals surface area contributed by atoms with Gasteiger partial charge in [-0.15, -0.1) is 0 Å². The number of aliphatic carboxylic acids is 1. The van der Waals surface area contributed by atoms with Crippen LogP contribution in [0, 0.1) is 0 Å². The molecule has 6 nitrogen and oxygen atoms in total. The summed E-state index contributed by atoms with van der Waals surface area (Å²) in [5.74, 6) is -1.09. The van der Waals surface area contributed by atoms with E-state index in [4.69, 9.17) is 5.11 Å². The number of carboxylic acid groups (broad SMARTS) is 1. The summed E-state index contributed by atoms with van der Waals surface area (Å²) < 4.78 is 0. The van der Waals surface area contributed by atoms with Crippen LogP contribution in [-0.2, 0) is 4.79 Å². The summed E-state index contributed by atoms with van der Waals surface area (Å²) in [6.07, 6.45) is 0. The average molecular weight is 218 g/mol. The molecule has 0 saturated carbocycles. The largest absolute Gasteiger partial charge is 0.480 e. The molecule has 15 heavy (non-hydrogen) atoms. The second-order valence-corrected chi connectivity index (χ2v) is 3.88. The molecule has 0 radical (unpaired) electrons. The van der Waals surface area contributed by atoms with Crippen LogP contribution in [0.5, 0.6) is 0 Å². The number of urea groups is 1. The van der Waals surface area contributed by atoms with E-state index >= 15 is 0 Å². The van der Waals surface area contributed by atoms with Crippen molar-refractivity contribution >= 4 is 12.0 Å². The van der Waals surface area contributed by atoms with Crippen LogP contribution in [0.3, 0.4) is 0 Å². The number of carbonyl (C=O) groups excluding carboxylic acids is 1. The molecule has 0 aliphatic heterocycles. The van der Waals surface area contributed by atoms with E-state index in [0.717, 1.165) is 0 Å². The predicted molar refractivity (Wildman–Crippen MR) is 54.6 cm³/mol. The van der Waals surface area contributed by atoms with Gasteiger partial charge in [0.2, 0.25) is 0 Å². The molecule has 3 N–H and O–H groups in total. The van der Waals surface area contributed by atoms with Gasteiger partial charge in [0.15, 0.2) is 0 Å². The van der Waals surface area contributed by atoms with Crippen LogP contribution in [0.1, 0.15) is 20.8 Å². The molecule has 0 bridgehead atoms. The van der Waals surface area contributed by atoms with Gasteiger partial charge in [-0.05, 0) is 20.8 Å². The molecule has 0 aliphatic carbocycles. The molecule has 0 spiro atoms. The summed E-state index contributed by atoms with van der Waals surface area (Å²) in [5, 5.41) is 20.1. The fraction of sp³-hybridized carbons (Fsp3) is 0.778. The molecule has 0 rings (SSSR count). The summed E-state index contributed by atoms with van der Waals surface area (Å²) in [6, 6.07) is -0.484. The number of hydrogen-bond acceptors (Lipinski definition) is 3. The minimum atomic E-state index is -1.09. The second-order valence-electron chi connectivity index (χ2n) is 3.88. The summed E-state index contributed by atoms with van der Waals surface area (Å²) in [6.45, 7) is 5.08. The number of likely N-dealkylation sites (N-methyl/N-ethyl adjacent to an activating group) is 1. The van der Waals surface area contributed by atoms with Crippen LogP contribution >= 0.6 is 0 Å². The Morgan fingerprint density at radius 2 is 1.93 bits per heavy atom. The van der Waals surface area contributed by atoms with Crippen molar-refractivity contribution in [1.82, 2.24) is 10.2 Å². The number of amides is 2. The summed E-state index contributed by atoms with van der Waals surface area (Å²) in [4.78, 5) is 23.0. The fourth-order valence-electron chi connectivity index (χ4n) is 1.06. The third-order valence-electron chi connectivity index (χ3n) is 1.64. The molecule has 0 atom stereocenters. The van der Waals surface area contributed by atoms with Gasteiger partial charge in [0.25, 0.3) is 0 Å². The second kappa shape index (κ2) is 5.55. The van der Waals surface area contributed by atoms with E-state index < -0.39 is 24.1 Å². The molecule has 0 aromatic heterocycles. The van der Waals surface area contributed by atoms with Crippen LogP contribution in [0.15, 0.2) is 0 Å². The van der Waals surface area contributed by atoms with Crippen LogP contribution in [-0.4, -0.2) is 52.3 Å². The van der Waals surface area contributed by atoms with Gasteiger partial charge in [0.1, 0.15) is 6.54 Å². The van der Waals surface area contributed by atoms with Gasteiger partial charge < -0.3 is 20.4 Å². The standard InChI is InChI=1S/C9H18N2O4/c1-4-11(6-9(2,3)15)8(14)10-5-7(12)13/h15H,4-6H2,1-3H3,(H,10,14)(H,12,13). The lowest BCUT2D eigenvalue weighted by atomic mass is 10.1. The van der Waals surface area contributed by atoms with Gasteiger partial charge in [0.05, 0.1) is 12.1 Å². The van der Waals surface area contributed by atoms with Crippen molar-refractivity contribution in [1.29, 1.82) is 0 Å². The van der Waals surface area contributed by atoms with E-state index in [9.17, 15) is 14.7 Å². The molecule has 6 heteroatoms. The van der Waals surface area contributed by atoms with Gasteiger partial charge in [-0.3, -0.25) is 4.79 Å². The van der Waals surface area contributed by atoms with E-state index in [1.807, 2.05) is 0 Å². The fourth-order valence-corrected chi connectivity index (χ4v) is 1.06. The third-order valence-corrected chi connectivity index (χ3v) is 1.64.